The van der Waals surface area contributed by atoms with Gasteiger partial charge in [0.2, 0.25) is 10.0 Å². The van der Waals surface area contributed by atoms with E-state index in [4.69, 9.17) is 14.7 Å². The van der Waals surface area contributed by atoms with Gasteiger partial charge in [-0.2, -0.15) is 9.57 Å². The fourth-order valence-electron chi connectivity index (χ4n) is 2.81. The van der Waals surface area contributed by atoms with Crippen LogP contribution < -0.4 is 10.1 Å². The van der Waals surface area contributed by atoms with Crippen molar-refractivity contribution in [1.82, 2.24) is 4.31 Å². The number of nitrogens with zero attached hydrogens (tertiary/aromatic N) is 2. The quantitative estimate of drug-likeness (QED) is 0.773. The predicted molar refractivity (Wildman–Crippen MR) is 106 cm³/mol. The largest absolute Gasteiger partial charge is 0.481 e. The van der Waals surface area contributed by atoms with Gasteiger partial charge in [0.05, 0.1) is 29.7 Å². The maximum atomic E-state index is 12.8. The Labute approximate surface area is 169 Å². The van der Waals surface area contributed by atoms with Gasteiger partial charge in [0.15, 0.2) is 6.10 Å². The van der Waals surface area contributed by atoms with E-state index in [2.05, 4.69) is 5.32 Å². The Kier molecular flexibility index (Phi) is 6.49. The minimum absolute atomic E-state index is 0.104. The highest BCUT2D eigenvalue weighted by Gasteiger charge is 2.26. The summed E-state index contributed by atoms with van der Waals surface area (Å²) in [5.74, 6) is -0.0383. The molecule has 152 valence electrons. The summed E-state index contributed by atoms with van der Waals surface area (Å²) in [7, 11) is -3.66. The number of anilines is 1. The molecule has 1 N–H and O–H groups in total. The molecule has 1 heterocycles. The third-order valence-electron chi connectivity index (χ3n) is 4.35. The molecule has 1 aliphatic rings. The van der Waals surface area contributed by atoms with E-state index >= 15 is 0 Å². The van der Waals surface area contributed by atoms with Crippen LogP contribution in [0.15, 0.2) is 53.4 Å². The molecule has 1 fully saturated rings. The number of sulfonamides is 1. The van der Waals surface area contributed by atoms with Crippen LogP contribution in [0.2, 0.25) is 0 Å². The first-order valence-corrected chi connectivity index (χ1v) is 10.5. The third kappa shape index (κ3) is 5.12. The summed E-state index contributed by atoms with van der Waals surface area (Å²) < 4.78 is 37.7. The van der Waals surface area contributed by atoms with Crippen LogP contribution >= 0.6 is 0 Å². The monoisotopic (exact) mass is 415 g/mol. The molecule has 2 aromatic carbocycles. The molecule has 1 aliphatic heterocycles. The molecule has 0 unspecified atom stereocenters. The number of ether oxygens (including phenoxy) is 2. The molecule has 0 saturated carbocycles. The number of rotatable bonds is 6. The van der Waals surface area contributed by atoms with Crippen molar-refractivity contribution in [2.75, 3.05) is 31.6 Å². The van der Waals surface area contributed by atoms with E-state index < -0.39 is 22.0 Å². The van der Waals surface area contributed by atoms with Gasteiger partial charge in [-0.05, 0) is 43.3 Å². The Bertz CT molecular complexity index is 1030. The molecule has 0 aliphatic carbocycles. The van der Waals surface area contributed by atoms with Crippen molar-refractivity contribution in [1.29, 1.82) is 5.26 Å². The molecule has 8 nitrogen and oxygen atoms in total. The Morgan fingerprint density at radius 1 is 1.21 bits per heavy atom. The number of carbonyl (C=O) groups is 1. The van der Waals surface area contributed by atoms with E-state index in [1.54, 1.807) is 43.3 Å². The molecule has 0 aromatic heterocycles. The SMILES string of the molecule is C[C@H](Oc1cccc(C#N)c1)C(=O)Nc1cccc(S(=O)(=O)N2CCOCC2)c1. The molecular weight excluding hydrogens is 394 g/mol. The normalized spacial score (nSPS) is 15.9. The lowest BCUT2D eigenvalue weighted by Crippen LogP contribution is -2.40. The smallest absolute Gasteiger partial charge is 0.265 e. The zero-order chi connectivity index (χ0) is 20.9. The van der Waals surface area contributed by atoms with Crippen molar-refractivity contribution in [3.05, 3.63) is 54.1 Å². The van der Waals surface area contributed by atoms with Gasteiger partial charge in [-0.15, -0.1) is 0 Å². The minimum Gasteiger partial charge on any atom is -0.481 e. The number of benzene rings is 2. The van der Waals surface area contributed by atoms with Crippen LogP contribution in [0.1, 0.15) is 12.5 Å². The van der Waals surface area contributed by atoms with Gasteiger partial charge in [0, 0.05) is 18.8 Å². The molecular formula is C20H21N3O5S. The molecule has 3 rings (SSSR count). The van der Waals surface area contributed by atoms with Crippen LogP contribution in [0.5, 0.6) is 5.75 Å². The van der Waals surface area contributed by atoms with Crippen molar-refractivity contribution < 1.29 is 22.7 Å². The highest BCUT2D eigenvalue weighted by molar-refractivity contribution is 7.89. The highest BCUT2D eigenvalue weighted by Crippen LogP contribution is 2.21. The molecule has 0 bridgehead atoms. The number of hydrogen-bond acceptors (Lipinski definition) is 6. The fraction of sp³-hybridized carbons (Fsp3) is 0.300. The van der Waals surface area contributed by atoms with E-state index in [9.17, 15) is 13.2 Å². The molecule has 1 atom stereocenters. The van der Waals surface area contributed by atoms with Gasteiger partial charge in [0.25, 0.3) is 5.91 Å². The van der Waals surface area contributed by atoms with Crippen molar-refractivity contribution >= 4 is 21.6 Å². The fourth-order valence-corrected chi connectivity index (χ4v) is 4.27. The second-order valence-corrected chi connectivity index (χ2v) is 8.37. The summed E-state index contributed by atoms with van der Waals surface area (Å²) in [6, 6.07) is 14.6. The molecule has 29 heavy (non-hydrogen) atoms. The lowest BCUT2D eigenvalue weighted by molar-refractivity contribution is -0.122. The van der Waals surface area contributed by atoms with E-state index in [0.717, 1.165) is 0 Å². The first-order valence-electron chi connectivity index (χ1n) is 9.06. The topological polar surface area (TPSA) is 109 Å². The van der Waals surface area contributed by atoms with Gasteiger partial charge in [-0.3, -0.25) is 4.79 Å². The predicted octanol–water partition coefficient (Wildman–Crippen LogP) is 1.99. The first-order chi connectivity index (χ1) is 13.9. The Hall–Kier alpha value is -2.93. The minimum atomic E-state index is -3.66. The zero-order valence-corrected chi connectivity index (χ0v) is 16.7. The lowest BCUT2D eigenvalue weighted by atomic mass is 10.2. The average Bonchev–Trinajstić information content (AvgIpc) is 2.74. The number of nitrogens with one attached hydrogen (secondary N) is 1. The summed E-state index contributed by atoms with van der Waals surface area (Å²) in [6.45, 7) is 2.88. The van der Waals surface area contributed by atoms with Crippen LogP contribution in [0.4, 0.5) is 5.69 Å². The van der Waals surface area contributed by atoms with Crippen LogP contribution in [-0.4, -0.2) is 51.0 Å². The molecule has 9 heteroatoms. The second kappa shape index (κ2) is 9.05. The van der Waals surface area contributed by atoms with Crippen LogP contribution in [0.3, 0.4) is 0 Å². The number of carbonyl (C=O) groups excluding carboxylic acids is 1. The number of hydrogen-bond donors (Lipinski definition) is 1. The summed E-state index contributed by atoms with van der Waals surface area (Å²) in [5.41, 5.74) is 0.779. The van der Waals surface area contributed by atoms with Crippen molar-refractivity contribution in [2.45, 2.75) is 17.9 Å². The average molecular weight is 415 g/mol. The summed E-state index contributed by atoms with van der Waals surface area (Å²) in [5, 5.41) is 11.6. The standard InChI is InChI=1S/C20H21N3O5S/c1-15(28-18-6-2-4-16(12-18)14-21)20(24)22-17-5-3-7-19(13-17)29(25,26)23-8-10-27-11-9-23/h2-7,12-13,15H,8-11H2,1H3,(H,22,24)/t15-/m0/s1. The maximum Gasteiger partial charge on any atom is 0.265 e. The van der Waals surface area contributed by atoms with Crippen molar-refractivity contribution in [2.24, 2.45) is 0 Å². The second-order valence-electron chi connectivity index (χ2n) is 6.43. The first kappa shape index (κ1) is 20.8. The van der Waals surface area contributed by atoms with Crippen LogP contribution in [-0.2, 0) is 19.6 Å². The van der Waals surface area contributed by atoms with Crippen LogP contribution in [0.25, 0.3) is 0 Å². The lowest BCUT2D eigenvalue weighted by Gasteiger charge is -2.26. The van der Waals surface area contributed by atoms with E-state index in [-0.39, 0.29) is 4.90 Å². The van der Waals surface area contributed by atoms with Gasteiger partial charge in [0.1, 0.15) is 5.75 Å². The Morgan fingerprint density at radius 2 is 1.93 bits per heavy atom. The Morgan fingerprint density at radius 3 is 2.66 bits per heavy atom. The molecule has 0 radical (unpaired) electrons. The third-order valence-corrected chi connectivity index (χ3v) is 6.25. The molecule has 1 amide bonds. The van der Waals surface area contributed by atoms with E-state index in [0.29, 0.717) is 43.3 Å². The van der Waals surface area contributed by atoms with Gasteiger partial charge >= 0.3 is 0 Å². The van der Waals surface area contributed by atoms with E-state index in [1.165, 1.54) is 16.4 Å². The summed E-state index contributed by atoms with van der Waals surface area (Å²) in [4.78, 5) is 12.6. The van der Waals surface area contributed by atoms with Gasteiger partial charge in [-0.25, -0.2) is 8.42 Å². The molecule has 1 saturated heterocycles. The number of nitriles is 1. The summed E-state index contributed by atoms with van der Waals surface area (Å²) >= 11 is 0. The summed E-state index contributed by atoms with van der Waals surface area (Å²) in [6.07, 6.45) is -0.844. The highest BCUT2D eigenvalue weighted by atomic mass is 32.2. The van der Waals surface area contributed by atoms with Crippen molar-refractivity contribution in [3.63, 3.8) is 0 Å². The van der Waals surface area contributed by atoms with E-state index in [1.807, 2.05) is 6.07 Å². The van der Waals surface area contributed by atoms with Gasteiger partial charge < -0.3 is 14.8 Å². The Balaban J connectivity index is 1.69. The van der Waals surface area contributed by atoms with Crippen LogP contribution in [0, 0.1) is 11.3 Å². The number of morpholine rings is 1. The molecule has 0 spiro atoms. The zero-order valence-electron chi connectivity index (χ0n) is 15.9. The van der Waals surface area contributed by atoms with Crippen molar-refractivity contribution in [3.8, 4) is 11.8 Å². The number of amides is 1. The van der Waals surface area contributed by atoms with Gasteiger partial charge in [-0.1, -0.05) is 12.1 Å². The molecule has 2 aromatic rings. The maximum absolute atomic E-state index is 12.8.